The molecule has 0 bridgehead atoms. The van der Waals surface area contributed by atoms with E-state index < -0.39 is 18.1 Å². The molecule has 2 atom stereocenters. The summed E-state index contributed by atoms with van der Waals surface area (Å²) in [5.74, 6) is 5.08. The summed E-state index contributed by atoms with van der Waals surface area (Å²) in [5, 5.41) is 13.5. The molecular formula is C18H27N3O4. The van der Waals surface area contributed by atoms with Crippen molar-refractivity contribution in [1.82, 2.24) is 10.3 Å². The molecule has 7 nitrogen and oxygen atoms in total. The molecule has 1 fully saturated rings. The van der Waals surface area contributed by atoms with Crippen molar-refractivity contribution >= 4 is 11.9 Å². The van der Waals surface area contributed by atoms with Gasteiger partial charge in [-0.15, -0.1) is 0 Å². The van der Waals surface area contributed by atoms with Crippen molar-refractivity contribution in [3.63, 3.8) is 0 Å². The van der Waals surface area contributed by atoms with E-state index in [0.717, 1.165) is 17.7 Å². The molecule has 1 aliphatic heterocycles. The third kappa shape index (κ3) is 5.72. The summed E-state index contributed by atoms with van der Waals surface area (Å²) >= 11 is 0. The van der Waals surface area contributed by atoms with Gasteiger partial charge in [0.2, 0.25) is 5.91 Å². The van der Waals surface area contributed by atoms with Crippen LogP contribution in [0.5, 0.6) is 5.75 Å². The van der Waals surface area contributed by atoms with Crippen molar-refractivity contribution in [2.75, 3.05) is 6.54 Å². The van der Waals surface area contributed by atoms with Crippen LogP contribution >= 0.6 is 0 Å². The molecule has 0 aliphatic carbocycles. The Hall–Kier alpha value is -2.12. The molecule has 0 saturated carbocycles. The van der Waals surface area contributed by atoms with Crippen molar-refractivity contribution in [3.8, 4) is 5.75 Å². The van der Waals surface area contributed by atoms with Crippen LogP contribution in [0.1, 0.15) is 39.2 Å². The van der Waals surface area contributed by atoms with Crippen LogP contribution in [0, 0.1) is 0 Å². The zero-order valence-electron chi connectivity index (χ0n) is 15.0. The molecule has 1 amide bonds. The normalized spacial score (nSPS) is 19.4. The maximum Gasteiger partial charge on any atom is 0.326 e. The highest BCUT2D eigenvalue weighted by molar-refractivity contribution is 5.87. The van der Waals surface area contributed by atoms with Crippen LogP contribution in [-0.4, -0.2) is 46.2 Å². The lowest BCUT2D eigenvalue weighted by atomic mass is 10.0. The van der Waals surface area contributed by atoms with Gasteiger partial charge in [0.25, 0.3) is 0 Å². The fourth-order valence-electron chi connectivity index (χ4n) is 2.82. The van der Waals surface area contributed by atoms with Crippen molar-refractivity contribution in [3.05, 3.63) is 29.8 Å². The van der Waals surface area contributed by atoms with Crippen LogP contribution in [0.15, 0.2) is 24.3 Å². The average molecular weight is 349 g/mol. The molecule has 7 heteroatoms. The summed E-state index contributed by atoms with van der Waals surface area (Å²) in [6.07, 6.45) is 1.68. The number of carboxylic acid groups (broad SMARTS) is 1. The zero-order valence-corrected chi connectivity index (χ0v) is 15.0. The molecule has 1 heterocycles. The molecule has 0 spiro atoms. The van der Waals surface area contributed by atoms with E-state index >= 15 is 0 Å². The summed E-state index contributed by atoms with van der Waals surface area (Å²) in [6.45, 7) is 6.52. The summed E-state index contributed by atoms with van der Waals surface area (Å²) in [4.78, 5) is 23.8. The Labute approximate surface area is 148 Å². The number of hydrogen-bond acceptors (Lipinski definition) is 5. The van der Waals surface area contributed by atoms with Gasteiger partial charge in [0.1, 0.15) is 23.4 Å². The van der Waals surface area contributed by atoms with Crippen LogP contribution in [-0.2, 0) is 16.0 Å². The van der Waals surface area contributed by atoms with Gasteiger partial charge in [0, 0.05) is 13.0 Å². The molecule has 1 saturated heterocycles. The quantitative estimate of drug-likeness (QED) is 0.669. The lowest BCUT2D eigenvalue weighted by Gasteiger charge is -2.22. The maximum atomic E-state index is 12.3. The van der Waals surface area contributed by atoms with E-state index in [1.54, 1.807) is 12.1 Å². The third-order valence-electron chi connectivity index (χ3n) is 4.00. The number of nitrogens with two attached hydrogens (primary N) is 1. The number of carbonyl (C=O) groups excluding carboxylic acids is 1. The monoisotopic (exact) mass is 349 g/mol. The van der Waals surface area contributed by atoms with Gasteiger partial charge in [-0.05, 0) is 51.3 Å². The van der Waals surface area contributed by atoms with E-state index in [2.05, 4.69) is 5.32 Å². The minimum absolute atomic E-state index is 0.203. The van der Waals surface area contributed by atoms with Gasteiger partial charge in [0.05, 0.1) is 0 Å². The van der Waals surface area contributed by atoms with Crippen molar-refractivity contribution < 1.29 is 19.4 Å². The van der Waals surface area contributed by atoms with Crippen LogP contribution < -0.4 is 15.9 Å². The molecule has 1 aliphatic rings. The van der Waals surface area contributed by atoms with E-state index in [1.807, 2.05) is 32.9 Å². The number of aliphatic carboxylic acids is 1. The number of ether oxygens (including phenoxy) is 1. The first-order chi connectivity index (χ1) is 11.7. The lowest BCUT2D eigenvalue weighted by Crippen LogP contribution is -2.51. The summed E-state index contributed by atoms with van der Waals surface area (Å²) in [5.41, 5.74) is 0.513. The second-order valence-electron chi connectivity index (χ2n) is 7.36. The van der Waals surface area contributed by atoms with Crippen LogP contribution in [0.4, 0.5) is 0 Å². The molecule has 4 N–H and O–H groups in total. The molecule has 25 heavy (non-hydrogen) atoms. The van der Waals surface area contributed by atoms with Crippen molar-refractivity contribution in [1.29, 1.82) is 0 Å². The number of nitrogens with zero attached hydrogens (tertiary/aromatic N) is 1. The topological polar surface area (TPSA) is 105 Å². The van der Waals surface area contributed by atoms with Crippen LogP contribution in [0.3, 0.4) is 0 Å². The zero-order chi connectivity index (χ0) is 18.6. The first-order valence-electron chi connectivity index (χ1n) is 8.48. The predicted octanol–water partition coefficient (Wildman–Crippen LogP) is 1.31. The molecule has 0 unspecified atom stereocenters. The van der Waals surface area contributed by atoms with E-state index in [-0.39, 0.29) is 17.9 Å². The summed E-state index contributed by atoms with van der Waals surface area (Å²) < 4.78 is 5.75. The Bertz CT molecular complexity index is 610. The Kier molecular flexibility index (Phi) is 6.02. The average Bonchev–Trinajstić information content (AvgIpc) is 2.93. The van der Waals surface area contributed by atoms with Gasteiger partial charge in [-0.2, -0.15) is 0 Å². The first-order valence-corrected chi connectivity index (χ1v) is 8.48. The fourth-order valence-corrected chi connectivity index (χ4v) is 2.82. The number of hydrazine groups is 1. The number of carboxylic acids is 1. The Morgan fingerprint density at radius 2 is 2.00 bits per heavy atom. The largest absolute Gasteiger partial charge is 0.488 e. The number of hydrogen-bond donors (Lipinski definition) is 3. The number of nitrogens with one attached hydrogen (secondary N) is 1. The Morgan fingerprint density at radius 1 is 1.36 bits per heavy atom. The SMILES string of the molecule is CC(C)(C)Oc1ccc(C[C@H](NC(=O)[C@@H]2CCCN2N)C(=O)O)cc1. The number of benzene rings is 1. The first kappa shape index (κ1) is 19.2. The predicted molar refractivity (Wildman–Crippen MR) is 94.0 cm³/mol. The minimum atomic E-state index is -1.06. The van der Waals surface area contributed by atoms with Crippen molar-refractivity contribution in [2.45, 2.75) is 57.7 Å². The van der Waals surface area contributed by atoms with Gasteiger partial charge in [-0.1, -0.05) is 12.1 Å². The van der Waals surface area contributed by atoms with Gasteiger partial charge in [0.15, 0.2) is 0 Å². The standard InChI is InChI=1S/C18H27N3O4/c1-18(2,3)25-13-8-6-12(7-9-13)11-14(17(23)24)20-16(22)15-5-4-10-21(15)19/h6-9,14-15H,4-5,10-11,19H2,1-3H3,(H,20,22)(H,23,24)/t14-,15-/m0/s1. The number of carbonyl (C=O) groups is 2. The van der Waals surface area contributed by atoms with Gasteiger partial charge in [-0.25, -0.2) is 9.80 Å². The Morgan fingerprint density at radius 3 is 2.48 bits per heavy atom. The fraction of sp³-hybridized carbons (Fsp3) is 0.556. The molecule has 1 aromatic rings. The van der Waals surface area contributed by atoms with Gasteiger partial charge in [-0.3, -0.25) is 10.6 Å². The third-order valence-corrected chi connectivity index (χ3v) is 4.00. The van der Waals surface area contributed by atoms with Crippen molar-refractivity contribution in [2.24, 2.45) is 5.84 Å². The van der Waals surface area contributed by atoms with Crippen LogP contribution in [0.25, 0.3) is 0 Å². The Balaban J connectivity index is 1.99. The molecule has 2 rings (SSSR count). The maximum absolute atomic E-state index is 12.3. The summed E-state index contributed by atoms with van der Waals surface area (Å²) in [7, 11) is 0. The van der Waals surface area contributed by atoms with Gasteiger partial charge >= 0.3 is 5.97 Å². The number of rotatable bonds is 6. The molecule has 0 aromatic heterocycles. The molecule has 0 radical (unpaired) electrons. The van der Waals surface area contributed by atoms with E-state index in [1.165, 1.54) is 5.01 Å². The molecule has 138 valence electrons. The van der Waals surface area contributed by atoms with Crippen LogP contribution in [0.2, 0.25) is 0 Å². The van der Waals surface area contributed by atoms with Gasteiger partial charge < -0.3 is 15.2 Å². The number of amides is 1. The minimum Gasteiger partial charge on any atom is -0.488 e. The smallest absolute Gasteiger partial charge is 0.326 e. The van der Waals surface area contributed by atoms with E-state index in [0.29, 0.717) is 13.0 Å². The summed E-state index contributed by atoms with van der Waals surface area (Å²) in [6, 6.07) is 5.79. The highest BCUT2D eigenvalue weighted by atomic mass is 16.5. The van der Waals surface area contributed by atoms with E-state index in [9.17, 15) is 14.7 Å². The second kappa shape index (κ2) is 7.84. The highest BCUT2D eigenvalue weighted by Gasteiger charge is 2.31. The lowest BCUT2D eigenvalue weighted by molar-refractivity contribution is -0.142. The van der Waals surface area contributed by atoms with E-state index in [4.69, 9.17) is 10.6 Å². The second-order valence-corrected chi connectivity index (χ2v) is 7.36. The molecular weight excluding hydrogens is 322 g/mol. The highest BCUT2D eigenvalue weighted by Crippen LogP contribution is 2.19. The molecule has 1 aromatic carbocycles.